The van der Waals surface area contributed by atoms with Gasteiger partial charge in [0, 0.05) is 23.5 Å². The Labute approximate surface area is 233 Å². The Morgan fingerprint density at radius 1 is 0.649 bits per heavy atom. The van der Waals surface area contributed by atoms with E-state index < -0.39 is 0 Å². The van der Waals surface area contributed by atoms with E-state index in [-0.39, 0.29) is 39.6 Å². The number of hydrogen-bond donors (Lipinski definition) is 2. The van der Waals surface area contributed by atoms with Crippen LogP contribution in [-0.4, -0.2) is 23.7 Å². The molecule has 0 heterocycles. The molecule has 0 aliphatic carbocycles. The van der Waals surface area contributed by atoms with Crippen LogP contribution in [-0.2, 0) is 26.1 Å². The summed E-state index contributed by atoms with van der Waals surface area (Å²) in [7, 11) is 0. The number of carbonyl (C=O) groups excluding carboxylic acids is 2. The van der Waals surface area contributed by atoms with Gasteiger partial charge in [-0.05, 0) is 89.8 Å². The van der Waals surface area contributed by atoms with Gasteiger partial charge in [-0.25, -0.2) is 0 Å². The van der Waals surface area contributed by atoms with E-state index in [1.54, 1.807) is 0 Å². The zero-order chi connectivity index (χ0) is 28.0. The number of rotatable bonds is 7. The van der Waals surface area contributed by atoms with E-state index in [0.29, 0.717) is 12.1 Å². The van der Waals surface area contributed by atoms with Crippen molar-refractivity contribution in [2.45, 2.75) is 81.3 Å². The van der Waals surface area contributed by atoms with Crippen LogP contribution >= 0.6 is 0 Å². The number of benzene rings is 2. The molecule has 0 aromatic heterocycles. The van der Waals surface area contributed by atoms with Gasteiger partial charge in [0.2, 0.25) is 0 Å². The number of ketones is 2. The third kappa shape index (κ3) is 15.6. The number of hydrogen-bond acceptors (Lipinski definition) is 6. The van der Waals surface area contributed by atoms with Gasteiger partial charge in [-0.2, -0.15) is 0 Å². The van der Waals surface area contributed by atoms with E-state index in [1.807, 2.05) is 0 Å². The molecule has 206 valence electrons. The SMILES string of the molecule is CC(=O)/C=C(/C)[O-].CC(=O)/C=C(/C)[O-].Cc1cccc(C)c1NC(C)C(C)Nc1c(C)cccc1C.[Ni+2]. The number of carbonyl (C=O) groups is 2. The minimum Gasteiger partial charge on any atom is -0.876 e. The summed E-state index contributed by atoms with van der Waals surface area (Å²) in [6.45, 7) is 18.5. The van der Waals surface area contributed by atoms with Crippen molar-refractivity contribution < 1.29 is 36.3 Å². The maximum Gasteiger partial charge on any atom is 2.00 e. The van der Waals surface area contributed by atoms with Crippen LogP contribution in [0.5, 0.6) is 0 Å². The molecule has 0 radical (unpaired) electrons. The number of aryl methyl sites for hydroxylation is 4. The zero-order valence-corrected chi connectivity index (χ0v) is 24.7. The summed E-state index contributed by atoms with van der Waals surface area (Å²) in [5, 5.41) is 27.3. The first kappa shape index (κ1) is 36.1. The van der Waals surface area contributed by atoms with Crippen molar-refractivity contribution in [3.63, 3.8) is 0 Å². The first-order valence-electron chi connectivity index (χ1n) is 12.0. The van der Waals surface area contributed by atoms with Gasteiger partial charge in [-0.3, -0.25) is 9.59 Å². The molecule has 6 nitrogen and oxygen atoms in total. The average Bonchev–Trinajstić information content (AvgIpc) is 2.72. The van der Waals surface area contributed by atoms with Gasteiger partial charge in [0.05, 0.1) is 0 Å². The molecule has 2 N–H and O–H groups in total. The predicted octanol–water partition coefficient (Wildman–Crippen LogP) is 4.90. The molecule has 7 heteroatoms. The molecular formula is C30H42N2NiO4. The van der Waals surface area contributed by atoms with Crippen molar-refractivity contribution in [1.82, 2.24) is 0 Å². The van der Waals surface area contributed by atoms with E-state index in [9.17, 15) is 19.8 Å². The third-order valence-corrected chi connectivity index (χ3v) is 5.27. The summed E-state index contributed by atoms with van der Waals surface area (Å²) in [5.41, 5.74) is 7.70. The van der Waals surface area contributed by atoms with Gasteiger partial charge in [-0.1, -0.05) is 50.2 Å². The van der Waals surface area contributed by atoms with Gasteiger partial charge in [0.1, 0.15) is 0 Å². The summed E-state index contributed by atoms with van der Waals surface area (Å²) in [4.78, 5) is 20.0. The average molecular weight is 553 g/mol. The van der Waals surface area contributed by atoms with Crippen molar-refractivity contribution in [3.05, 3.63) is 82.3 Å². The Bertz CT molecular complexity index is 943. The fourth-order valence-corrected chi connectivity index (χ4v) is 3.36. The Morgan fingerprint density at radius 3 is 1.05 bits per heavy atom. The molecule has 2 aromatic carbocycles. The first-order valence-corrected chi connectivity index (χ1v) is 12.0. The number of nitrogens with one attached hydrogen (secondary N) is 2. The van der Waals surface area contributed by atoms with Gasteiger partial charge in [-0.15, -0.1) is 11.5 Å². The molecule has 0 amide bonds. The fourth-order valence-electron chi connectivity index (χ4n) is 3.36. The van der Waals surface area contributed by atoms with Gasteiger partial charge in [0.25, 0.3) is 0 Å². The largest absolute Gasteiger partial charge is 2.00 e. The number of para-hydroxylation sites is 2. The zero-order valence-electron chi connectivity index (χ0n) is 23.7. The topological polar surface area (TPSA) is 104 Å². The molecule has 0 aliphatic heterocycles. The third-order valence-electron chi connectivity index (χ3n) is 5.27. The van der Waals surface area contributed by atoms with Crippen molar-refractivity contribution >= 4 is 22.9 Å². The first-order chi connectivity index (χ1) is 16.6. The molecule has 2 unspecified atom stereocenters. The Balaban J connectivity index is 0. The minimum absolute atomic E-state index is 0. The summed E-state index contributed by atoms with van der Waals surface area (Å²) < 4.78 is 0. The fraction of sp³-hybridized carbons (Fsp3) is 0.400. The normalized spacial score (nSPS) is 12.4. The second-order valence-corrected chi connectivity index (χ2v) is 9.13. The monoisotopic (exact) mass is 552 g/mol. The molecule has 0 bridgehead atoms. The summed E-state index contributed by atoms with van der Waals surface area (Å²) in [6.07, 6.45) is 2.11. The van der Waals surface area contributed by atoms with Gasteiger partial charge < -0.3 is 20.8 Å². The molecule has 0 saturated carbocycles. The predicted molar refractivity (Wildman–Crippen MR) is 147 cm³/mol. The number of allylic oxidation sites excluding steroid dienone is 4. The maximum atomic E-state index is 9.98. The van der Waals surface area contributed by atoms with Gasteiger partial charge in [0.15, 0.2) is 11.6 Å². The van der Waals surface area contributed by atoms with Crippen LogP contribution in [0, 0.1) is 27.7 Å². The Kier molecular flexibility index (Phi) is 17.8. The van der Waals surface area contributed by atoms with Crippen LogP contribution in [0.15, 0.2) is 60.1 Å². The van der Waals surface area contributed by atoms with Crippen LogP contribution in [0.25, 0.3) is 0 Å². The molecule has 0 fully saturated rings. The molecule has 0 aliphatic rings. The molecule has 0 saturated heterocycles. The quantitative estimate of drug-likeness (QED) is 0.287. The van der Waals surface area contributed by atoms with Crippen LogP contribution in [0.4, 0.5) is 11.4 Å². The van der Waals surface area contributed by atoms with E-state index >= 15 is 0 Å². The van der Waals surface area contributed by atoms with Crippen LogP contribution in [0.2, 0.25) is 0 Å². The summed E-state index contributed by atoms with van der Waals surface area (Å²) >= 11 is 0. The second-order valence-electron chi connectivity index (χ2n) is 9.13. The molecule has 37 heavy (non-hydrogen) atoms. The Hall–Kier alpha value is -3.05. The van der Waals surface area contributed by atoms with Crippen LogP contribution < -0.4 is 20.8 Å². The molecule has 2 atom stereocenters. The molecular weight excluding hydrogens is 511 g/mol. The van der Waals surface area contributed by atoms with E-state index in [0.717, 1.165) is 12.2 Å². The van der Waals surface area contributed by atoms with Crippen LogP contribution in [0.1, 0.15) is 63.8 Å². The summed E-state index contributed by atoms with van der Waals surface area (Å²) in [5.74, 6) is -0.750. The maximum absolute atomic E-state index is 9.98. The van der Waals surface area contributed by atoms with Crippen molar-refractivity contribution in [1.29, 1.82) is 0 Å². The number of anilines is 2. The van der Waals surface area contributed by atoms with Crippen LogP contribution in [0.3, 0.4) is 0 Å². The van der Waals surface area contributed by atoms with Crippen molar-refractivity contribution in [2.75, 3.05) is 10.6 Å². The second kappa shape index (κ2) is 18.2. The smallest absolute Gasteiger partial charge is 0.876 e. The molecule has 0 spiro atoms. The van der Waals surface area contributed by atoms with E-state index in [2.05, 4.69) is 88.6 Å². The van der Waals surface area contributed by atoms with Crippen molar-refractivity contribution in [3.8, 4) is 0 Å². The van der Waals surface area contributed by atoms with Crippen molar-refractivity contribution in [2.24, 2.45) is 0 Å². The Morgan fingerprint density at radius 2 is 0.892 bits per heavy atom. The summed E-state index contributed by atoms with van der Waals surface area (Å²) in [6, 6.07) is 13.5. The van der Waals surface area contributed by atoms with E-state index in [4.69, 9.17) is 0 Å². The molecule has 2 aromatic rings. The molecule has 2 rings (SSSR count). The minimum atomic E-state index is -0.187. The van der Waals surface area contributed by atoms with E-state index in [1.165, 1.54) is 61.3 Å². The standard InChI is InChI=1S/C20H28N2.2C5H8O2.Ni/c1-13-9-7-10-14(2)19(13)21-17(5)18(6)22-20-15(3)11-8-12-16(20)4;2*1-4(6)3-5(2)7;/h7-12,17-18,21-22H,1-6H3;2*3,6H,1-2H3;/q;;;+2/p-2/b;2*4-3-;. The van der Waals surface area contributed by atoms with Gasteiger partial charge >= 0.3 is 16.5 Å².